The number of halogens is 1. The SMILES string of the molecule is CCc1ccc(Cn2nnc(C(=O)NC[C@@H](O)c3ccc(Cl)cc3)c2C)cc1. The predicted molar refractivity (Wildman–Crippen MR) is 108 cm³/mol. The quantitative estimate of drug-likeness (QED) is 0.639. The fraction of sp³-hybridized carbons (Fsp3) is 0.286. The third-order valence-electron chi connectivity index (χ3n) is 4.67. The van der Waals surface area contributed by atoms with E-state index in [4.69, 9.17) is 11.6 Å². The van der Waals surface area contributed by atoms with Crippen molar-refractivity contribution in [3.8, 4) is 0 Å². The lowest BCUT2D eigenvalue weighted by Crippen LogP contribution is -2.29. The maximum atomic E-state index is 12.4. The zero-order valence-corrected chi connectivity index (χ0v) is 16.6. The number of aryl methyl sites for hydroxylation is 1. The van der Waals surface area contributed by atoms with Crippen molar-refractivity contribution in [3.05, 3.63) is 81.6 Å². The van der Waals surface area contributed by atoms with Gasteiger partial charge in [0.2, 0.25) is 0 Å². The summed E-state index contributed by atoms with van der Waals surface area (Å²) in [5, 5.41) is 21.6. The van der Waals surface area contributed by atoms with Crippen LogP contribution in [0, 0.1) is 6.92 Å². The number of rotatable bonds is 7. The Morgan fingerprint density at radius 3 is 2.43 bits per heavy atom. The van der Waals surface area contributed by atoms with Crippen molar-refractivity contribution in [1.82, 2.24) is 20.3 Å². The van der Waals surface area contributed by atoms with Gasteiger partial charge < -0.3 is 10.4 Å². The number of aromatic nitrogens is 3. The van der Waals surface area contributed by atoms with E-state index in [1.807, 2.05) is 6.92 Å². The number of aliphatic hydroxyl groups is 1. The van der Waals surface area contributed by atoms with E-state index in [9.17, 15) is 9.90 Å². The van der Waals surface area contributed by atoms with E-state index in [2.05, 4.69) is 46.8 Å². The summed E-state index contributed by atoms with van der Waals surface area (Å²) < 4.78 is 1.70. The first-order valence-corrected chi connectivity index (χ1v) is 9.55. The Kier molecular flexibility index (Phi) is 6.44. The normalized spacial score (nSPS) is 12.0. The van der Waals surface area contributed by atoms with Crippen molar-refractivity contribution < 1.29 is 9.90 Å². The molecule has 7 heteroatoms. The van der Waals surface area contributed by atoms with E-state index in [-0.39, 0.29) is 18.1 Å². The van der Waals surface area contributed by atoms with Crippen molar-refractivity contribution in [3.63, 3.8) is 0 Å². The average molecular weight is 399 g/mol. The number of aliphatic hydroxyl groups excluding tert-OH is 1. The monoisotopic (exact) mass is 398 g/mol. The van der Waals surface area contributed by atoms with Gasteiger partial charge in [0.05, 0.1) is 18.3 Å². The predicted octanol–water partition coefficient (Wildman–Crippen LogP) is 3.31. The molecule has 1 heterocycles. The Morgan fingerprint density at radius 2 is 1.79 bits per heavy atom. The number of nitrogens with zero attached hydrogens (tertiary/aromatic N) is 3. The van der Waals surface area contributed by atoms with Gasteiger partial charge in [-0.1, -0.05) is 60.1 Å². The summed E-state index contributed by atoms with van der Waals surface area (Å²) >= 11 is 5.85. The molecule has 146 valence electrons. The molecule has 0 bridgehead atoms. The summed E-state index contributed by atoms with van der Waals surface area (Å²) in [5.74, 6) is -0.363. The molecule has 0 fully saturated rings. The summed E-state index contributed by atoms with van der Waals surface area (Å²) in [6.07, 6.45) is 0.170. The van der Waals surface area contributed by atoms with Crippen molar-refractivity contribution in [2.24, 2.45) is 0 Å². The molecular weight excluding hydrogens is 376 g/mol. The minimum Gasteiger partial charge on any atom is -0.387 e. The summed E-state index contributed by atoms with van der Waals surface area (Å²) in [4.78, 5) is 12.4. The minimum atomic E-state index is -0.825. The van der Waals surface area contributed by atoms with Crippen LogP contribution in [-0.2, 0) is 13.0 Å². The highest BCUT2D eigenvalue weighted by Gasteiger charge is 2.18. The highest BCUT2D eigenvalue weighted by molar-refractivity contribution is 6.30. The van der Waals surface area contributed by atoms with E-state index in [0.717, 1.165) is 12.0 Å². The van der Waals surface area contributed by atoms with Gasteiger partial charge in [0.15, 0.2) is 5.69 Å². The summed E-state index contributed by atoms with van der Waals surface area (Å²) in [6.45, 7) is 4.55. The molecule has 0 aliphatic rings. The first-order chi connectivity index (χ1) is 13.5. The van der Waals surface area contributed by atoms with Crippen LogP contribution in [-0.4, -0.2) is 32.6 Å². The fourth-order valence-electron chi connectivity index (χ4n) is 2.85. The third-order valence-corrected chi connectivity index (χ3v) is 4.92. The van der Waals surface area contributed by atoms with E-state index in [1.54, 1.807) is 28.9 Å². The molecule has 6 nitrogen and oxygen atoms in total. The zero-order valence-electron chi connectivity index (χ0n) is 15.9. The van der Waals surface area contributed by atoms with Crippen molar-refractivity contribution in [1.29, 1.82) is 0 Å². The number of amides is 1. The maximum absolute atomic E-state index is 12.4. The number of nitrogens with one attached hydrogen (secondary N) is 1. The van der Waals surface area contributed by atoms with E-state index in [0.29, 0.717) is 22.8 Å². The molecule has 0 spiro atoms. The minimum absolute atomic E-state index is 0.0746. The van der Waals surface area contributed by atoms with Crippen LogP contribution < -0.4 is 5.32 Å². The molecule has 2 aromatic carbocycles. The maximum Gasteiger partial charge on any atom is 0.273 e. The Hall–Kier alpha value is -2.70. The van der Waals surface area contributed by atoms with Crippen LogP contribution in [0.5, 0.6) is 0 Å². The lowest BCUT2D eigenvalue weighted by atomic mass is 10.1. The molecule has 28 heavy (non-hydrogen) atoms. The van der Waals surface area contributed by atoms with Gasteiger partial charge in [-0.25, -0.2) is 4.68 Å². The molecule has 0 aliphatic heterocycles. The van der Waals surface area contributed by atoms with Crippen LogP contribution in [0.2, 0.25) is 5.02 Å². The Balaban J connectivity index is 1.61. The molecule has 0 radical (unpaired) electrons. The molecule has 0 saturated carbocycles. The lowest BCUT2D eigenvalue weighted by Gasteiger charge is -2.12. The van der Waals surface area contributed by atoms with Crippen LogP contribution in [0.3, 0.4) is 0 Å². The highest BCUT2D eigenvalue weighted by atomic mass is 35.5. The second kappa shape index (κ2) is 8.99. The molecule has 3 aromatic rings. The number of hydrogen-bond donors (Lipinski definition) is 2. The van der Waals surface area contributed by atoms with Gasteiger partial charge in [-0.05, 0) is 42.2 Å². The molecule has 2 N–H and O–H groups in total. The molecule has 0 saturated heterocycles. The smallest absolute Gasteiger partial charge is 0.273 e. The van der Waals surface area contributed by atoms with Crippen molar-refractivity contribution in [2.75, 3.05) is 6.54 Å². The van der Waals surface area contributed by atoms with Gasteiger partial charge in [-0.15, -0.1) is 5.10 Å². The van der Waals surface area contributed by atoms with E-state index >= 15 is 0 Å². The third kappa shape index (κ3) is 4.77. The molecule has 3 rings (SSSR count). The molecule has 0 unspecified atom stereocenters. The number of benzene rings is 2. The second-order valence-electron chi connectivity index (χ2n) is 6.63. The zero-order chi connectivity index (χ0) is 20.1. The van der Waals surface area contributed by atoms with Crippen LogP contribution in [0.4, 0.5) is 0 Å². The molecule has 0 aliphatic carbocycles. The number of carbonyl (C=O) groups is 1. The first kappa shape index (κ1) is 20.0. The van der Waals surface area contributed by atoms with Gasteiger partial charge in [-0.2, -0.15) is 0 Å². The van der Waals surface area contributed by atoms with Crippen LogP contribution in [0.15, 0.2) is 48.5 Å². The molecule has 1 atom stereocenters. The van der Waals surface area contributed by atoms with Crippen LogP contribution >= 0.6 is 11.6 Å². The van der Waals surface area contributed by atoms with E-state index < -0.39 is 6.10 Å². The summed E-state index contributed by atoms with van der Waals surface area (Å²) in [6, 6.07) is 15.1. The van der Waals surface area contributed by atoms with Crippen LogP contribution in [0.1, 0.15) is 45.9 Å². The van der Waals surface area contributed by atoms with Gasteiger partial charge >= 0.3 is 0 Å². The Bertz CT molecular complexity index is 936. The first-order valence-electron chi connectivity index (χ1n) is 9.17. The molecule has 1 aromatic heterocycles. The van der Waals surface area contributed by atoms with E-state index in [1.165, 1.54) is 5.56 Å². The van der Waals surface area contributed by atoms with Gasteiger partial charge in [0.1, 0.15) is 0 Å². The summed E-state index contributed by atoms with van der Waals surface area (Å²) in [5.41, 5.74) is 3.99. The second-order valence-corrected chi connectivity index (χ2v) is 7.06. The van der Waals surface area contributed by atoms with Crippen molar-refractivity contribution >= 4 is 17.5 Å². The average Bonchev–Trinajstić information content (AvgIpc) is 3.07. The van der Waals surface area contributed by atoms with Crippen molar-refractivity contribution in [2.45, 2.75) is 32.9 Å². The topological polar surface area (TPSA) is 80.0 Å². The number of hydrogen-bond acceptors (Lipinski definition) is 4. The highest BCUT2D eigenvalue weighted by Crippen LogP contribution is 2.16. The lowest BCUT2D eigenvalue weighted by molar-refractivity contribution is 0.0910. The standard InChI is InChI=1S/C21H23ClN4O2/c1-3-15-4-6-16(7-5-15)13-26-14(2)20(24-25-26)21(28)23-12-19(27)17-8-10-18(22)11-9-17/h4-11,19,27H,3,12-13H2,1-2H3,(H,23,28)/t19-/m1/s1. The molecular formula is C21H23ClN4O2. The fourth-order valence-corrected chi connectivity index (χ4v) is 2.98. The van der Waals surface area contributed by atoms with Gasteiger partial charge in [0, 0.05) is 11.6 Å². The summed E-state index contributed by atoms with van der Waals surface area (Å²) in [7, 11) is 0. The van der Waals surface area contributed by atoms with Gasteiger partial charge in [0.25, 0.3) is 5.91 Å². The Morgan fingerprint density at radius 1 is 1.14 bits per heavy atom. The Labute approximate surface area is 169 Å². The number of carbonyl (C=O) groups excluding carboxylic acids is 1. The van der Waals surface area contributed by atoms with Gasteiger partial charge in [-0.3, -0.25) is 4.79 Å². The van der Waals surface area contributed by atoms with Crippen LogP contribution in [0.25, 0.3) is 0 Å². The largest absolute Gasteiger partial charge is 0.387 e. The molecule has 1 amide bonds.